The van der Waals surface area contributed by atoms with Crippen molar-refractivity contribution in [2.45, 2.75) is 5.75 Å². The number of hydrogen-bond acceptors (Lipinski definition) is 3. The average Bonchev–Trinajstić information content (AvgIpc) is 2.63. The van der Waals surface area contributed by atoms with Crippen LogP contribution in [0.1, 0.15) is 15.9 Å². The first-order chi connectivity index (χ1) is 12.4. The maximum absolute atomic E-state index is 13.8. The van der Waals surface area contributed by atoms with Crippen LogP contribution in [0, 0.1) is 5.82 Å². The number of carbonyl (C=O) groups excluding carboxylic acids is 1. The van der Waals surface area contributed by atoms with E-state index in [1.54, 1.807) is 30.3 Å². The van der Waals surface area contributed by atoms with Crippen LogP contribution in [0.4, 0.5) is 4.39 Å². The van der Waals surface area contributed by atoms with Crippen molar-refractivity contribution in [1.29, 1.82) is 0 Å². The van der Waals surface area contributed by atoms with Gasteiger partial charge < -0.3 is 4.90 Å². The van der Waals surface area contributed by atoms with Crippen molar-refractivity contribution < 1.29 is 17.6 Å². The molecule has 0 unspecified atom stereocenters. The fourth-order valence-corrected chi connectivity index (χ4v) is 4.71. The summed E-state index contributed by atoms with van der Waals surface area (Å²) in [5.41, 5.74) is 0.541. The number of halogens is 2. The zero-order chi connectivity index (χ0) is 18.7. The lowest BCUT2D eigenvalue weighted by molar-refractivity contribution is 0.0693. The average molecular weight is 397 g/mol. The first-order valence-electron chi connectivity index (χ1n) is 8.13. The Labute approximate surface area is 157 Å². The van der Waals surface area contributed by atoms with E-state index in [9.17, 15) is 17.6 Å². The second kappa shape index (κ2) is 7.73. The number of rotatable bonds is 4. The quantitative estimate of drug-likeness (QED) is 0.798. The van der Waals surface area contributed by atoms with Crippen LogP contribution in [0.15, 0.2) is 48.5 Å². The number of nitrogens with zero attached hydrogens (tertiary/aromatic N) is 2. The van der Waals surface area contributed by atoms with Gasteiger partial charge >= 0.3 is 0 Å². The Morgan fingerprint density at radius 1 is 1.00 bits per heavy atom. The SMILES string of the molecule is O=C(c1ccccc1F)N1CCN(S(=O)(=O)Cc2ccccc2Cl)CC1. The summed E-state index contributed by atoms with van der Waals surface area (Å²) in [6.45, 7) is 0.782. The van der Waals surface area contributed by atoms with E-state index >= 15 is 0 Å². The molecular formula is C18H18ClFN2O3S. The van der Waals surface area contributed by atoms with E-state index in [4.69, 9.17) is 11.6 Å². The van der Waals surface area contributed by atoms with Crippen LogP contribution in [0.3, 0.4) is 0 Å². The van der Waals surface area contributed by atoms with E-state index < -0.39 is 21.7 Å². The molecule has 1 aliphatic rings. The molecule has 138 valence electrons. The van der Waals surface area contributed by atoms with E-state index in [2.05, 4.69) is 0 Å². The molecule has 0 saturated carbocycles. The molecule has 0 radical (unpaired) electrons. The molecular weight excluding hydrogens is 379 g/mol. The molecule has 0 N–H and O–H groups in total. The molecule has 0 spiro atoms. The van der Waals surface area contributed by atoms with Crippen LogP contribution in [-0.2, 0) is 15.8 Å². The smallest absolute Gasteiger partial charge is 0.256 e. The lowest BCUT2D eigenvalue weighted by atomic mass is 10.1. The second-order valence-corrected chi connectivity index (χ2v) is 8.39. The lowest BCUT2D eigenvalue weighted by Crippen LogP contribution is -2.50. The molecule has 0 aliphatic carbocycles. The topological polar surface area (TPSA) is 57.7 Å². The van der Waals surface area contributed by atoms with Crippen LogP contribution in [0.5, 0.6) is 0 Å². The molecule has 0 bridgehead atoms. The number of piperazine rings is 1. The molecule has 0 aromatic heterocycles. The van der Waals surface area contributed by atoms with E-state index in [1.165, 1.54) is 27.4 Å². The second-order valence-electron chi connectivity index (χ2n) is 6.02. The van der Waals surface area contributed by atoms with Crippen molar-refractivity contribution in [1.82, 2.24) is 9.21 Å². The molecule has 1 aliphatic heterocycles. The highest BCUT2D eigenvalue weighted by Gasteiger charge is 2.30. The fraction of sp³-hybridized carbons (Fsp3) is 0.278. The summed E-state index contributed by atoms with van der Waals surface area (Å²) in [6.07, 6.45) is 0. The maximum atomic E-state index is 13.8. The van der Waals surface area contributed by atoms with Crippen molar-refractivity contribution in [2.75, 3.05) is 26.2 Å². The zero-order valence-electron chi connectivity index (χ0n) is 13.9. The largest absolute Gasteiger partial charge is 0.336 e. The Kier molecular flexibility index (Phi) is 5.60. The third-order valence-electron chi connectivity index (χ3n) is 4.32. The van der Waals surface area contributed by atoms with E-state index in [0.29, 0.717) is 10.6 Å². The summed E-state index contributed by atoms with van der Waals surface area (Å²) < 4.78 is 40.3. The first-order valence-corrected chi connectivity index (χ1v) is 10.1. The highest BCUT2D eigenvalue weighted by molar-refractivity contribution is 7.88. The highest BCUT2D eigenvalue weighted by atomic mass is 35.5. The van der Waals surface area contributed by atoms with Crippen molar-refractivity contribution in [3.05, 3.63) is 70.5 Å². The van der Waals surface area contributed by atoms with Gasteiger partial charge in [-0.3, -0.25) is 4.79 Å². The van der Waals surface area contributed by atoms with Gasteiger partial charge in [-0.15, -0.1) is 0 Å². The molecule has 26 heavy (non-hydrogen) atoms. The normalized spacial score (nSPS) is 15.8. The van der Waals surface area contributed by atoms with Gasteiger partial charge in [0.05, 0.1) is 11.3 Å². The van der Waals surface area contributed by atoms with E-state index in [1.807, 2.05) is 0 Å². The van der Waals surface area contributed by atoms with Gasteiger partial charge in [-0.1, -0.05) is 41.9 Å². The summed E-state index contributed by atoms with van der Waals surface area (Å²) >= 11 is 6.05. The predicted octanol–water partition coefficient (Wildman–Crippen LogP) is 2.77. The minimum Gasteiger partial charge on any atom is -0.336 e. The Hall–Kier alpha value is -1.96. The highest BCUT2D eigenvalue weighted by Crippen LogP contribution is 2.21. The molecule has 1 heterocycles. The molecule has 8 heteroatoms. The Balaban J connectivity index is 1.65. The van der Waals surface area contributed by atoms with Gasteiger partial charge in [-0.2, -0.15) is 4.31 Å². The fourth-order valence-electron chi connectivity index (χ4n) is 2.88. The number of hydrogen-bond donors (Lipinski definition) is 0. The monoisotopic (exact) mass is 396 g/mol. The Bertz CT molecular complexity index is 912. The van der Waals surface area contributed by atoms with Crippen molar-refractivity contribution in [2.24, 2.45) is 0 Å². The van der Waals surface area contributed by atoms with Gasteiger partial charge in [0.1, 0.15) is 5.82 Å². The predicted molar refractivity (Wildman–Crippen MR) is 98.0 cm³/mol. The molecule has 1 saturated heterocycles. The van der Waals surface area contributed by atoms with Gasteiger partial charge in [0.2, 0.25) is 10.0 Å². The number of sulfonamides is 1. The van der Waals surface area contributed by atoms with Gasteiger partial charge in [0.15, 0.2) is 0 Å². The minimum absolute atomic E-state index is 0.000116. The molecule has 3 rings (SSSR count). The van der Waals surface area contributed by atoms with Crippen LogP contribution < -0.4 is 0 Å². The van der Waals surface area contributed by atoms with Crippen molar-refractivity contribution >= 4 is 27.5 Å². The Morgan fingerprint density at radius 3 is 2.27 bits per heavy atom. The molecule has 2 aromatic rings. The summed E-state index contributed by atoms with van der Waals surface area (Å²) in [5, 5.41) is 0.407. The lowest BCUT2D eigenvalue weighted by Gasteiger charge is -2.34. The molecule has 2 aromatic carbocycles. The Morgan fingerprint density at radius 2 is 1.62 bits per heavy atom. The summed E-state index contributed by atoms with van der Waals surface area (Å²) in [7, 11) is -3.54. The summed E-state index contributed by atoms with van der Waals surface area (Å²) in [4.78, 5) is 13.9. The molecule has 1 amide bonds. The van der Waals surface area contributed by atoms with Gasteiger partial charge in [0, 0.05) is 31.2 Å². The third-order valence-corrected chi connectivity index (χ3v) is 6.52. The van der Waals surface area contributed by atoms with Crippen molar-refractivity contribution in [3.63, 3.8) is 0 Å². The summed E-state index contributed by atoms with van der Waals surface area (Å²) in [6, 6.07) is 12.6. The van der Waals surface area contributed by atoms with Crippen LogP contribution in [0.2, 0.25) is 5.02 Å². The summed E-state index contributed by atoms with van der Waals surface area (Å²) in [5.74, 6) is -1.19. The van der Waals surface area contributed by atoms with E-state index in [0.717, 1.165) is 0 Å². The first kappa shape index (κ1) is 18.8. The number of amides is 1. The van der Waals surface area contributed by atoms with Crippen LogP contribution >= 0.6 is 11.6 Å². The van der Waals surface area contributed by atoms with Crippen molar-refractivity contribution in [3.8, 4) is 0 Å². The van der Waals surface area contributed by atoms with Gasteiger partial charge in [-0.05, 0) is 23.8 Å². The van der Waals surface area contributed by atoms with Crippen LogP contribution in [0.25, 0.3) is 0 Å². The number of carbonyl (C=O) groups is 1. The maximum Gasteiger partial charge on any atom is 0.256 e. The van der Waals surface area contributed by atoms with Gasteiger partial charge in [0.25, 0.3) is 5.91 Å². The van der Waals surface area contributed by atoms with Crippen LogP contribution in [-0.4, -0.2) is 49.7 Å². The molecule has 0 atom stereocenters. The minimum atomic E-state index is -3.54. The number of benzene rings is 2. The van der Waals surface area contributed by atoms with Gasteiger partial charge in [-0.25, -0.2) is 12.8 Å². The third kappa shape index (κ3) is 4.06. The molecule has 5 nitrogen and oxygen atoms in total. The zero-order valence-corrected chi connectivity index (χ0v) is 15.5. The molecule has 1 fully saturated rings. The van der Waals surface area contributed by atoms with E-state index in [-0.39, 0.29) is 37.5 Å². The standard InChI is InChI=1S/C18H18ClFN2O3S/c19-16-7-3-1-5-14(16)13-26(24,25)22-11-9-21(10-12-22)18(23)15-6-2-4-8-17(15)20/h1-8H,9-13H2.